The number of carbonyl (C=O) groups excluding carboxylic acids is 1. The number of aryl methyl sites for hydroxylation is 3. The zero-order chi connectivity index (χ0) is 18.8. The largest absolute Gasteiger partial charge is 0.760 e. The summed E-state index contributed by atoms with van der Waals surface area (Å²) in [6.07, 6.45) is 6.83. The molecule has 1 aromatic heterocycles. The fraction of sp³-hybridized carbons (Fsp3) is 0.316. The van der Waals surface area contributed by atoms with Crippen molar-refractivity contribution in [1.29, 1.82) is 0 Å². The smallest absolute Gasteiger partial charge is 0.258 e. The van der Waals surface area contributed by atoms with Crippen LogP contribution in [-0.4, -0.2) is 26.7 Å². The Morgan fingerprint density at radius 1 is 1.31 bits per heavy atom. The van der Waals surface area contributed by atoms with Gasteiger partial charge in [-0.3, -0.25) is 14.1 Å². The van der Waals surface area contributed by atoms with E-state index in [0.29, 0.717) is 0 Å². The van der Waals surface area contributed by atoms with Crippen LogP contribution in [0.4, 0.5) is 5.69 Å². The number of nitrogens with two attached hydrogens (primary N) is 1. The van der Waals surface area contributed by atoms with Gasteiger partial charge in [0, 0.05) is 35.3 Å². The highest BCUT2D eigenvalue weighted by Gasteiger charge is 2.30. The lowest BCUT2D eigenvalue weighted by Crippen LogP contribution is -2.20. The van der Waals surface area contributed by atoms with E-state index in [1.54, 1.807) is 4.90 Å². The number of aromatic amines is 1. The third kappa shape index (κ3) is 3.65. The molecule has 2 aliphatic rings. The van der Waals surface area contributed by atoms with E-state index in [-0.39, 0.29) is 5.91 Å². The topological polar surface area (TPSA) is 102 Å². The van der Waals surface area contributed by atoms with Gasteiger partial charge in [-0.1, -0.05) is 12.1 Å². The van der Waals surface area contributed by atoms with Crippen LogP contribution in [0.25, 0.3) is 11.6 Å². The van der Waals surface area contributed by atoms with E-state index in [0.717, 1.165) is 40.9 Å². The summed E-state index contributed by atoms with van der Waals surface area (Å²) in [5, 5.41) is 4.03. The van der Waals surface area contributed by atoms with Crippen LogP contribution in [0.2, 0.25) is 0 Å². The molecule has 0 saturated heterocycles. The zero-order valence-corrected chi connectivity index (χ0v) is 15.7. The Hall–Kier alpha value is -2.22. The SMILES string of the molecule is Cc1cccc2c1C(=Cc1cc3c([nH]1)CCCC3)C(=O)N2C.NS(=O)[O-]. The molecule has 0 radical (unpaired) electrons. The van der Waals surface area contributed by atoms with Gasteiger partial charge in [0.25, 0.3) is 5.91 Å². The molecule has 1 atom stereocenters. The number of benzene rings is 1. The van der Waals surface area contributed by atoms with Crippen LogP contribution in [0.3, 0.4) is 0 Å². The van der Waals surface area contributed by atoms with E-state index in [9.17, 15) is 4.79 Å². The average molecular weight is 372 g/mol. The van der Waals surface area contributed by atoms with E-state index in [2.05, 4.69) is 29.2 Å². The monoisotopic (exact) mass is 372 g/mol. The predicted molar refractivity (Wildman–Crippen MR) is 103 cm³/mol. The third-order valence-electron chi connectivity index (χ3n) is 4.85. The summed E-state index contributed by atoms with van der Waals surface area (Å²) in [4.78, 5) is 17.9. The lowest BCUT2D eigenvalue weighted by Gasteiger charge is -2.08. The average Bonchev–Trinajstić information content (AvgIpc) is 3.10. The molecule has 0 spiro atoms. The number of H-pyrrole nitrogens is 1. The molecule has 1 aliphatic heterocycles. The normalized spacial score (nSPS) is 18.2. The van der Waals surface area contributed by atoms with Crippen molar-refractivity contribution in [1.82, 2.24) is 4.98 Å². The third-order valence-corrected chi connectivity index (χ3v) is 4.85. The van der Waals surface area contributed by atoms with Gasteiger partial charge in [-0.15, -0.1) is 0 Å². The van der Waals surface area contributed by atoms with Gasteiger partial charge in [-0.25, -0.2) is 0 Å². The maximum atomic E-state index is 12.6. The number of hydrogen-bond donors (Lipinski definition) is 2. The van der Waals surface area contributed by atoms with Crippen LogP contribution in [-0.2, 0) is 28.9 Å². The van der Waals surface area contributed by atoms with Crippen LogP contribution in [0.1, 0.15) is 40.9 Å². The predicted octanol–water partition coefficient (Wildman–Crippen LogP) is 2.46. The Bertz CT molecular complexity index is 874. The first-order valence-corrected chi connectivity index (χ1v) is 9.66. The minimum atomic E-state index is -2.36. The molecule has 1 aliphatic carbocycles. The number of amides is 1. The fourth-order valence-electron chi connectivity index (χ4n) is 3.68. The second kappa shape index (κ2) is 7.57. The maximum Gasteiger partial charge on any atom is 0.258 e. The molecule has 1 unspecified atom stereocenters. The lowest BCUT2D eigenvalue weighted by atomic mass is 9.98. The van der Waals surface area contributed by atoms with Gasteiger partial charge in [0.05, 0.1) is 11.3 Å². The Morgan fingerprint density at radius 3 is 2.69 bits per heavy atom. The molecular weight excluding hydrogens is 350 g/mol. The van der Waals surface area contributed by atoms with Crippen LogP contribution in [0.5, 0.6) is 0 Å². The molecular formula is C19H22N3O3S-. The van der Waals surface area contributed by atoms with Crippen molar-refractivity contribution in [3.05, 3.63) is 52.3 Å². The first kappa shape index (κ1) is 18.6. The van der Waals surface area contributed by atoms with Gasteiger partial charge < -0.3 is 14.4 Å². The number of likely N-dealkylation sites (N-methyl/N-ethyl adjacent to an activating group) is 1. The van der Waals surface area contributed by atoms with Crippen molar-refractivity contribution in [3.63, 3.8) is 0 Å². The first-order valence-electron chi connectivity index (χ1n) is 8.52. The zero-order valence-electron chi connectivity index (χ0n) is 14.9. The fourth-order valence-corrected chi connectivity index (χ4v) is 3.68. The number of fused-ring (bicyclic) bond motifs is 2. The van der Waals surface area contributed by atoms with Crippen molar-refractivity contribution in [2.45, 2.75) is 32.6 Å². The van der Waals surface area contributed by atoms with E-state index in [4.69, 9.17) is 8.76 Å². The van der Waals surface area contributed by atoms with Crippen molar-refractivity contribution in [3.8, 4) is 0 Å². The molecule has 2 aromatic rings. The number of carbonyl (C=O) groups is 1. The second-order valence-electron chi connectivity index (χ2n) is 6.59. The number of hydrogen-bond acceptors (Lipinski definition) is 3. The summed E-state index contributed by atoms with van der Waals surface area (Å²) in [6, 6.07) is 8.30. The van der Waals surface area contributed by atoms with Crippen LogP contribution < -0.4 is 10.0 Å². The number of anilines is 1. The highest BCUT2D eigenvalue weighted by molar-refractivity contribution is 7.76. The number of rotatable bonds is 1. The molecule has 0 fully saturated rings. The van der Waals surface area contributed by atoms with E-state index in [1.165, 1.54) is 24.1 Å². The molecule has 138 valence electrons. The quantitative estimate of drug-likeness (QED) is 0.594. The molecule has 0 bridgehead atoms. The second-order valence-corrected chi connectivity index (χ2v) is 7.11. The summed E-state index contributed by atoms with van der Waals surface area (Å²) in [5.74, 6) is 0.0804. The molecule has 2 heterocycles. The van der Waals surface area contributed by atoms with Gasteiger partial charge in [-0.05, 0) is 61.9 Å². The van der Waals surface area contributed by atoms with E-state index < -0.39 is 11.3 Å². The summed E-state index contributed by atoms with van der Waals surface area (Å²) in [7, 11) is 1.85. The van der Waals surface area contributed by atoms with Gasteiger partial charge in [0.2, 0.25) is 0 Å². The molecule has 1 amide bonds. The lowest BCUT2D eigenvalue weighted by molar-refractivity contribution is -0.112. The summed E-state index contributed by atoms with van der Waals surface area (Å²) >= 11 is -2.36. The maximum absolute atomic E-state index is 12.6. The van der Waals surface area contributed by atoms with Gasteiger partial charge in [0.15, 0.2) is 0 Å². The number of nitrogens with one attached hydrogen (secondary N) is 1. The van der Waals surface area contributed by atoms with Gasteiger partial charge >= 0.3 is 0 Å². The molecule has 1 aromatic carbocycles. The summed E-state index contributed by atoms with van der Waals surface area (Å²) < 4.78 is 17.6. The molecule has 4 rings (SSSR count). The van der Waals surface area contributed by atoms with Crippen molar-refractivity contribution in [2.24, 2.45) is 5.14 Å². The highest BCUT2D eigenvalue weighted by atomic mass is 32.2. The number of aromatic nitrogens is 1. The Morgan fingerprint density at radius 2 is 2.00 bits per heavy atom. The standard InChI is InChI=1S/C19H20N2O.H3NO2S/c1-12-6-5-9-17-18(12)15(19(22)21(17)2)11-14-10-13-7-3-4-8-16(13)20-14;1-4(2)3/h5-6,9-11,20H,3-4,7-8H2,1-2H3;1H2,(H,2,3)/p-1. The Balaban J connectivity index is 0.000000447. The van der Waals surface area contributed by atoms with Crippen LogP contribution in [0, 0.1) is 6.92 Å². The van der Waals surface area contributed by atoms with E-state index in [1.807, 2.05) is 25.3 Å². The summed E-state index contributed by atoms with van der Waals surface area (Å²) in [6.45, 7) is 2.07. The van der Waals surface area contributed by atoms with Crippen molar-refractivity contribution >= 4 is 34.5 Å². The first-order chi connectivity index (χ1) is 12.4. The van der Waals surface area contributed by atoms with Gasteiger partial charge in [-0.2, -0.15) is 0 Å². The minimum Gasteiger partial charge on any atom is -0.760 e. The van der Waals surface area contributed by atoms with E-state index >= 15 is 0 Å². The Labute approximate surface area is 155 Å². The molecule has 0 saturated carbocycles. The van der Waals surface area contributed by atoms with Crippen LogP contribution >= 0.6 is 0 Å². The van der Waals surface area contributed by atoms with Gasteiger partial charge in [0.1, 0.15) is 0 Å². The molecule has 26 heavy (non-hydrogen) atoms. The van der Waals surface area contributed by atoms with Crippen molar-refractivity contribution < 1.29 is 13.6 Å². The highest BCUT2D eigenvalue weighted by Crippen LogP contribution is 2.39. The molecule has 7 heteroatoms. The Kier molecular flexibility index (Phi) is 5.41. The molecule has 3 N–H and O–H groups in total. The summed E-state index contributed by atoms with van der Waals surface area (Å²) in [5.41, 5.74) is 7.85. The minimum absolute atomic E-state index is 0.0804. The van der Waals surface area contributed by atoms with Crippen molar-refractivity contribution in [2.75, 3.05) is 11.9 Å². The number of nitrogens with zero attached hydrogens (tertiary/aromatic N) is 1. The molecule has 6 nitrogen and oxygen atoms in total. The van der Waals surface area contributed by atoms with Crippen LogP contribution in [0.15, 0.2) is 24.3 Å².